The first-order valence-electron chi connectivity index (χ1n) is 8.33. The lowest BCUT2D eigenvalue weighted by Crippen LogP contribution is -2.30. The van der Waals surface area contributed by atoms with E-state index in [1.807, 2.05) is 19.1 Å². The Kier molecular flexibility index (Phi) is 5.69. The molecule has 0 spiro atoms. The third-order valence-corrected chi connectivity index (χ3v) is 3.74. The number of pyridine rings is 2. The van der Waals surface area contributed by atoms with Crippen LogP contribution in [0.5, 0.6) is 0 Å². The van der Waals surface area contributed by atoms with E-state index in [1.165, 1.54) is 0 Å². The summed E-state index contributed by atoms with van der Waals surface area (Å²) in [5, 5.41) is 5.43. The normalized spacial score (nSPS) is 10.9. The highest BCUT2D eigenvalue weighted by atomic mass is 16.2. The lowest BCUT2D eigenvalue weighted by molar-refractivity contribution is -0.113. The van der Waals surface area contributed by atoms with Crippen molar-refractivity contribution in [3.05, 3.63) is 95.7 Å². The molecule has 2 aromatic heterocycles. The van der Waals surface area contributed by atoms with Gasteiger partial charge in [-0.15, -0.1) is 0 Å². The van der Waals surface area contributed by atoms with Crippen LogP contribution >= 0.6 is 0 Å². The Morgan fingerprint density at radius 2 is 1.67 bits per heavy atom. The average molecular weight is 358 g/mol. The quantitative estimate of drug-likeness (QED) is 0.686. The summed E-state index contributed by atoms with van der Waals surface area (Å²) in [6, 6.07) is 14.0. The number of aryl methyl sites for hydroxylation is 1. The van der Waals surface area contributed by atoms with E-state index in [0.29, 0.717) is 16.8 Å². The van der Waals surface area contributed by atoms with Crippen molar-refractivity contribution in [2.24, 2.45) is 0 Å². The second-order valence-electron chi connectivity index (χ2n) is 5.85. The van der Waals surface area contributed by atoms with Crippen LogP contribution in [0.25, 0.3) is 6.08 Å². The number of aromatic nitrogens is 2. The summed E-state index contributed by atoms with van der Waals surface area (Å²) in [5.74, 6) is -0.805. The molecule has 3 aromatic rings. The number of hydrogen-bond donors (Lipinski definition) is 2. The van der Waals surface area contributed by atoms with E-state index in [2.05, 4.69) is 20.6 Å². The molecule has 0 aliphatic rings. The Morgan fingerprint density at radius 1 is 0.926 bits per heavy atom. The van der Waals surface area contributed by atoms with Crippen molar-refractivity contribution >= 4 is 23.6 Å². The summed E-state index contributed by atoms with van der Waals surface area (Å²) < 4.78 is 0. The Morgan fingerprint density at radius 3 is 2.33 bits per heavy atom. The smallest absolute Gasteiger partial charge is 0.272 e. The fourth-order valence-corrected chi connectivity index (χ4v) is 2.32. The number of rotatable bonds is 5. The maximum Gasteiger partial charge on any atom is 0.272 e. The second kappa shape index (κ2) is 8.53. The zero-order valence-electron chi connectivity index (χ0n) is 14.7. The number of nitrogens with one attached hydrogen (secondary N) is 2. The number of nitrogens with zero attached hydrogens (tertiary/aromatic N) is 2. The van der Waals surface area contributed by atoms with Crippen LogP contribution in [0.1, 0.15) is 21.5 Å². The van der Waals surface area contributed by atoms with Crippen LogP contribution in [0.2, 0.25) is 0 Å². The number of benzene rings is 1. The molecule has 3 rings (SSSR count). The van der Waals surface area contributed by atoms with E-state index in [1.54, 1.807) is 67.3 Å². The molecule has 2 amide bonds. The Balaban J connectivity index is 1.85. The molecular weight excluding hydrogens is 340 g/mol. The average Bonchev–Trinajstić information content (AvgIpc) is 2.69. The molecule has 1 aromatic carbocycles. The van der Waals surface area contributed by atoms with E-state index in [0.717, 1.165) is 5.56 Å². The molecular formula is C21H18N4O2. The Labute approximate surface area is 157 Å². The van der Waals surface area contributed by atoms with Gasteiger partial charge in [-0.05, 0) is 48.9 Å². The Hall–Kier alpha value is -3.80. The lowest BCUT2D eigenvalue weighted by Gasteiger charge is -2.11. The fraction of sp³-hybridized carbons (Fsp3) is 0.0476. The summed E-state index contributed by atoms with van der Waals surface area (Å²) in [6.45, 7) is 1.94. The number of anilines is 1. The van der Waals surface area contributed by atoms with Gasteiger partial charge in [0.15, 0.2) is 0 Å². The van der Waals surface area contributed by atoms with E-state index in [9.17, 15) is 9.59 Å². The highest BCUT2D eigenvalue weighted by Crippen LogP contribution is 2.10. The van der Waals surface area contributed by atoms with Gasteiger partial charge in [0.05, 0.1) is 0 Å². The fourth-order valence-electron chi connectivity index (χ4n) is 2.32. The topological polar surface area (TPSA) is 84.0 Å². The maximum absolute atomic E-state index is 12.7. The van der Waals surface area contributed by atoms with Crippen molar-refractivity contribution < 1.29 is 9.59 Å². The molecule has 2 N–H and O–H groups in total. The number of amides is 2. The minimum atomic E-state index is -0.439. The minimum Gasteiger partial charge on any atom is -0.321 e. The molecule has 0 atom stereocenters. The van der Waals surface area contributed by atoms with Crippen LogP contribution in [0.3, 0.4) is 0 Å². The van der Waals surface area contributed by atoms with E-state index < -0.39 is 5.91 Å². The molecule has 0 unspecified atom stereocenters. The van der Waals surface area contributed by atoms with Gasteiger partial charge in [-0.25, -0.2) is 0 Å². The minimum absolute atomic E-state index is 0.116. The zero-order valence-corrected chi connectivity index (χ0v) is 14.7. The van der Waals surface area contributed by atoms with Crippen LogP contribution in [0, 0.1) is 6.92 Å². The lowest BCUT2D eigenvalue weighted by atomic mass is 10.1. The molecule has 0 fully saturated rings. The molecule has 27 heavy (non-hydrogen) atoms. The van der Waals surface area contributed by atoms with E-state index in [4.69, 9.17) is 0 Å². The largest absolute Gasteiger partial charge is 0.321 e. The van der Waals surface area contributed by atoms with Crippen molar-refractivity contribution in [1.29, 1.82) is 0 Å². The first-order valence-corrected chi connectivity index (χ1v) is 8.33. The van der Waals surface area contributed by atoms with Crippen molar-refractivity contribution in [3.8, 4) is 0 Å². The van der Waals surface area contributed by atoms with Gasteiger partial charge in [0.1, 0.15) is 5.70 Å². The van der Waals surface area contributed by atoms with Crippen molar-refractivity contribution in [2.45, 2.75) is 6.92 Å². The van der Waals surface area contributed by atoms with Crippen molar-refractivity contribution in [3.63, 3.8) is 0 Å². The van der Waals surface area contributed by atoms with Crippen molar-refractivity contribution in [2.75, 3.05) is 5.32 Å². The molecule has 6 heteroatoms. The second-order valence-corrected chi connectivity index (χ2v) is 5.85. The number of hydrogen-bond acceptors (Lipinski definition) is 4. The van der Waals surface area contributed by atoms with Gasteiger partial charge in [0.25, 0.3) is 11.8 Å². The van der Waals surface area contributed by atoms with Gasteiger partial charge >= 0.3 is 0 Å². The summed E-state index contributed by atoms with van der Waals surface area (Å²) in [5.41, 5.74) is 2.91. The molecule has 0 aliphatic heterocycles. The van der Waals surface area contributed by atoms with Gasteiger partial charge < -0.3 is 10.6 Å². The molecule has 134 valence electrons. The summed E-state index contributed by atoms with van der Waals surface area (Å²) in [4.78, 5) is 33.2. The highest BCUT2D eigenvalue weighted by molar-refractivity contribution is 6.10. The first-order chi connectivity index (χ1) is 13.1. The van der Waals surface area contributed by atoms with E-state index in [-0.39, 0.29) is 11.6 Å². The molecule has 0 saturated carbocycles. The van der Waals surface area contributed by atoms with Crippen LogP contribution in [0.4, 0.5) is 5.69 Å². The van der Waals surface area contributed by atoms with Crippen molar-refractivity contribution in [1.82, 2.24) is 15.3 Å². The maximum atomic E-state index is 12.7. The third kappa shape index (κ3) is 5.09. The van der Waals surface area contributed by atoms with Crippen LogP contribution in [0.15, 0.2) is 79.0 Å². The van der Waals surface area contributed by atoms with Gasteiger partial charge in [-0.1, -0.05) is 23.8 Å². The molecule has 0 aliphatic carbocycles. The summed E-state index contributed by atoms with van der Waals surface area (Å²) in [6.07, 6.45) is 7.97. The summed E-state index contributed by atoms with van der Waals surface area (Å²) >= 11 is 0. The predicted molar refractivity (Wildman–Crippen MR) is 104 cm³/mol. The third-order valence-electron chi connectivity index (χ3n) is 3.74. The zero-order chi connectivity index (χ0) is 19.1. The SMILES string of the molecule is Cc1ccc(C(=O)NC(=Cc2cccnc2)C(=O)Nc2ccncc2)cc1. The Bertz CT molecular complexity index is 952. The number of carbonyl (C=O) groups excluding carboxylic acids is 2. The van der Waals surface area contributed by atoms with Gasteiger partial charge in [0, 0.05) is 36.0 Å². The molecule has 0 bridgehead atoms. The first kappa shape index (κ1) is 18.0. The van der Waals surface area contributed by atoms with Gasteiger partial charge in [-0.2, -0.15) is 0 Å². The standard InChI is InChI=1S/C21H18N4O2/c1-15-4-6-17(7-5-15)20(26)25-19(13-16-3-2-10-23-14-16)21(27)24-18-8-11-22-12-9-18/h2-14H,1H3,(H,25,26)(H,22,24,27). The number of carbonyl (C=O) groups is 2. The monoisotopic (exact) mass is 358 g/mol. The van der Waals surface area contributed by atoms with Gasteiger partial charge in [-0.3, -0.25) is 19.6 Å². The highest BCUT2D eigenvalue weighted by Gasteiger charge is 2.15. The molecule has 2 heterocycles. The summed E-state index contributed by atoms with van der Waals surface area (Å²) in [7, 11) is 0. The van der Waals surface area contributed by atoms with E-state index >= 15 is 0 Å². The molecule has 6 nitrogen and oxygen atoms in total. The van der Waals surface area contributed by atoms with Crippen LogP contribution in [-0.2, 0) is 4.79 Å². The van der Waals surface area contributed by atoms with Crippen LogP contribution in [-0.4, -0.2) is 21.8 Å². The predicted octanol–water partition coefficient (Wildman–Crippen LogP) is 3.19. The molecule has 0 saturated heterocycles. The molecule has 0 radical (unpaired) electrons. The van der Waals surface area contributed by atoms with Gasteiger partial charge in [0.2, 0.25) is 0 Å². The van der Waals surface area contributed by atoms with Crippen LogP contribution < -0.4 is 10.6 Å².